The number of nitrogens with one attached hydrogen (secondary N) is 2. The summed E-state index contributed by atoms with van der Waals surface area (Å²) >= 11 is 0. The molecule has 152 valence electrons. The predicted octanol–water partition coefficient (Wildman–Crippen LogP) is 3.92. The molecule has 1 saturated carbocycles. The number of carbonyl (C=O) groups is 1. The summed E-state index contributed by atoms with van der Waals surface area (Å²) < 4.78 is 28.2. The Bertz CT molecular complexity index is 693. The maximum atomic E-state index is 12.9. The third kappa shape index (κ3) is 6.61. The van der Waals surface area contributed by atoms with E-state index in [0.717, 1.165) is 37.7 Å². The van der Waals surface area contributed by atoms with Crippen LogP contribution in [-0.2, 0) is 14.8 Å². The van der Waals surface area contributed by atoms with Crippen molar-refractivity contribution in [3.8, 4) is 0 Å². The first-order valence-electron chi connectivity index (χ1n) is 10.2. The van der Waals surface area contributed by atoms with Crippen LogP contribution in [0, 0.1) is 12.8 Å². The maximum absolute atomic E-state index is 12.9. The van der Waals surface area contributed by atoms with Gasteiger partial charge in [0.15, 0.2) is 0 Å². The fraction of sp³-hybridized carbons (Fsp3) is 0.667. The van der Waals surface area contributed by atoms with E-state index >= 15 is 0 Å². The smallest absolute Gasteiger partial charge is 0.241 e. The zero-order chi connectivity index (χ0) is 19.9. The van der Waals surface area contributed by atoms with Crippen LogP contribution in [0.2, 0.25) is 0 Å². The highest BCUT2D eigenvalue weighted by Gasteiger charge is 2.30. The van der Waals surface area contributed by atoms with Crippen LogP contribution in [0.1, 0.15) is 70.8 Å². The first kappa shape index (κ1) is 21.9. The summed E-state index contributed by atoms with van der Waals surface area (Å²) in [6, 6.07) is 6.08. The van der Waals surface area contributed by atoms with Crippen molar-refractivity contribution in [3.05, 3.63) is 29.8 Å². The van der Waals surface area contributed by atoms with Gasteiger partial charge in [-0.05, 0) is 37.8 Å². The van der Waals surface area contributed by atoms with Crippen LogP contribution in [0.3, 0.4) is 0 Å². The minimum absolute atomic E-state index is 0.0845. The van der Waals surface area contributed by atoms with Crippen molar-refractivity contribution in [2.24, 2.45) is 5.92 Å². The Morgan fingerprint density at radius 1 is 1.07 bits per heavy atom. The van der Waals surface area contributed by atoms with Gasteiger partial charge in [-0.15, -0.1) is 0 Å². The molecule has 0 aromatic heterocycles. The first-order chi connectivity index (χ1) is 12.8. The molecular weight excluding hydrogens is 360 g/mol. The van der Waals surface area contributed by atoms with Crippen LogP contribution < -0.4 is 10.0 Å². The largest absolute Gasteiger partial charge is 0.352 e. The minimum atomic E-state index is -3.74. The highest BCUT2D eigenvalue weighted by atomic mass is 32.2. The minimum Gasteiger partial charge on any atom is -0.352 e. The number of carbonyl (C=O) groups excluding carboxylic acids is 1. The molecule has 6 heteroatoms. The number of amides is 1. The van der Waals surface area contributed by atoms with E-state index in [4.69, 9.17) is 0 Å². The van der Waals surface area contributed by atoms with Crippen molar-refractivity contribution in [1.82, 2.24) is 10.0 Å². The van der Waals surface area contributed by atoms with Gasteiger partial charge < -0.3 is 5.32 Å². The Morgan fingerprint density at radius 2 is 1.63 bits per heavy atom. The Morgan fingerprint density at radius 3 is 2.19 bits per heavy atom. The Kier molecular flexibility index (Phi) is 8.29. The lowest BCUT2D eigenvalue weighted by Crippen LogP contribution is -2.52. The lowest BCUT2D eigenvalue weighted by Gasteiger charge is -2.27. The highest BCUT2D eigenvalue weighted by molar-refractivity contribution is 7.89. The average molecular weight is 395 g/mol. The predicted molar refractivity (Wildman–Crippen MR) is 109 cm³/mol. The third-order valence-corrected chi connectivity index (χ3v) is 7.02. The van der Waals surface area contributed by atoms with Gasteiger partial charge in [-0.1, -0.05) is 70.1 Å². The monoisotopic (exact) mass is 394 g/mol. The van der Waals surface area contributed by atoms with E-state index in [1.54, 1.807) is 24.3 Å². The fourth-order valence-corrected chi connectivity index (χ4v) is 4.81. The third-order valence-electron chi connectivity index (χ3n) is 5.56. The molecular formula is C21H34N2O3S. The summed E-state index contributed by atoms with van der Waals surface area (Å²) in [6.45, 7) is 5.80. The molecule has 0 unspecified atom stereocenters. The lowest BCUT2D eigenvalue weighted by molar-refractivity contribution is -0.124. The van der Waals surface area contributed by atoms with E-state index in [9.17, 15) is 13.2 Å². The summed E-state index contributed by atoms with van der Waals surface area (Å²) in [4.78, 5) is 13.1. The van der Waals surface area contributed by atoms with Crippen LogP contribution in [0.15, 0.2) is 29.2 Å². The van der Waals surface area contributed by atoms with E-state index in [-0.39, 0.29) is 22.8 Å². The van der Waals surface area contributed by atoms with E-state index in [2.05, 4.69) is 10.0 Å². The molecule has 1 fully saturated rings. The molecule has 0 saturated heterocycles. The fourth-order valence-electron chi connectivity index (χ4n) is 3.51. The molecule has 1 aromatic carbocycles. The van der Waals surface area contributed by atoms with Crippen LogP contribution in [0.25, 0.3) is 0 Å². The number of benzene rings is 1. The molecule has 2 N–H and O–H groups in total. The standard InChI is InChI=1S/C21H34N2O3S/c1-4-17(3)20(21(24)22-18-10-8-6-5-7-9-11-18)23-27(25,26)19-14-12-16(2)13-15-19/h12-15,17-18,20,23H,4-11H2,1-3H3,(H,22,24)/t17-,20+/m0/s1. The second-order valence-electron chi connectivity index (χ2n) is 7.85. The zero-order valence-electron chi connectivity index (χ0n) is 16.8. The first-order valence-corrected chi connectivity index (χ1v) is 11.7. The molecule has 1 aliphatic rings. The van der Waals surface area contributed by atoms with Gasteiger partial charge in [0.2, 0.25) is 15.9 Å². The van der Waals surface area contributed by atoms with Crippen LogP contribution >= 0.6 is 0 Å². The second kappa shape index (κ2) is 10.2. The zero-order valence-corrected chi connectivity index (χ0v) is 17.6. The molecule has 1 aromatic rings. The number of sulfonamides is 1. The van der Waals surface area contributed by atoms with Crippen LogP contribution in [0.4, 0.5) is 0 Å². The normalized spacial score (nSPS) is 18.9. The number of aryl methyl sites for hydroxylation is 1. The van der Waals surface area contributed by atoms with E-state index in [1.807, 2.05) is 20.8 Å². The van der Waals surface area contributed by atoms with Crippen LogP contribution in [0.5, 0.6) is 0 Å². The van der Waals surface area contributed by atoms with Gasteiger partial charge in [-0.3, -0.25) is 4.79 Å². The van der Waals surface area contributed by atoms with Gasteiger partial charge in [-0.2, -0.15) is 4.72 Å². The highest BCUT2D eigenvalue weighted by Crippen LogP contribution is 2.19. The van der Waals surface area contributed by atoms with Gasteiger partial charge >= 0.3 is 0 Å². The van der Waals surface area contributed by atoms with Crippen molar-refractivity contribution in [3.63, 3.8) is 0 Å². The summed E-state index contributed by atoms with van der Waals surface area (Å²) in [5.41, 5.74) is 0.995. The van der Waals surface area contributed by atoms with Gasteiger partial charge in [0, 0.05) is 6.04 Å². The van der Waals surface area contributed by atoms with Crippen molar-refractivity contribution in [2.45, 2.75) is 89.1 Å². The van der Waals surface area contributed by atoms with Gasteiger partial charge in [0.05, 0.1) is 4.90 Å². The van der Waals surface area contributed by atoms with Crippen LogP contribution in [-0.4, -0.2) is 26.4 Å². The molecule has 1 aliphatic carbocycles. The van der Waals surface area contributed by atoms with Crippen molar-refractivity contribution >= 4 is 15.9 Å². The number of hydrogen-bond donors (Lipinski definition) is 2. The molecule has 0 bridgehead atoms. The quantitative estimate of drug-likeness (QED) is 0.736. The molecule has 0 spiro atoms. The molecule has 2 rings (SSSR count). The maximum Gasteiger partial charge on any atom is 0.241 e. The molecule has 0 radical (unpaired) electrons. The Balaban J connectivity index is 2.11. The lowest BCUT2D eigenvalue weighted by atomic mass is 9.95. The molecule has 0 aliphatic heterocycles. The second-order valence-corrected chi connectivity index (χ2v) is 9.56. The van der Waals surface area contributed by atoms with E-state index in [0.29, 0.717) is 0 Å². The van der Waals surface area contributed by atoms with E-state index in [1.165, 1.54) is 19.3 Å². The number of hydrogen-bond acceptors (Lipinski definition) is 3. The average Bonchev–Trinajstić information content (AvgIpc) is 2.61. The molecule has 1 amide bonds. The summed E-state index contributed by atoms with van der Waals surface area (Å²) in [5, 5.41) is 3.12. The van der Waals surface area contributed by atoms with Gasteiger partial charge in [0.1, 0.15) is 6.04 Å². The summed E-state index contributed by atoms with van der Waals surface area (Å²) in [7, 11) is -3.74. The summed E-state index contributed by atoms with van der Waals surface area (Å²) in [5.74, 6) is -0.288. The Labute approximate surface area is 164 Å². The number of rotatable bonds is 7. The molecule has 2 atom stereocenters. The molecule has 0 heterocycles. The topological polar surface area (TPSA) is 75.3 Å². The van der Waals surface area contributed by atoms with E-state index < -0.39 is 16.1 Å². The van der Waals surface area contributed by atoms with Crippen molar-refractivity contribution < 1.29 is 13.2 Å². The van der Waals surface area contributed by atoms with Crippen molar-refractivity contribution in [2.75, 3.05) is 0 Å². The molecule has 27 heavy (non-hydrogen) atoms. The van der Waals surface area contributed by atoms with Gasteiger partial charge in [-0.25, -0.2) is 8.42 Å². The van der Waals surface area contributed by atoms with Gasteiger partial charge in [0.25, 0.3) is 0 Å². The summed E-state index contributed by atoms with van der Waals surface area (Å²) in [6.07, 6.45) is 8.60. The SMILES string of the molecule is CC[C@H](C)[C@@H](NS(=O)(=O)c1ccc(C)cc1)C(=O)NC1CCCCCCC1. The van der Waals surface area contributed by atoms with Crippen molar-refractivity contribution in [1.29, 1.82) is 0 Å². The Hall–Kier alpha value is -1.40. The molecule has 5 nitrogen and oxygen atoms in total.